The number of pyridine rings is 1. The molecular weight excluding hydrogens is 677 g/mol. The van der Waals surface area contributed by atoms with Gasteiger partial charge in [-0.25, -0.2) is 17.6 Å². The van der Waals surface area contributed by atoms with Gasteiger partial charge in [-0.2, -0.15) is 4.31 Å². The number of piperazine rings is 1. The quantitative estimate of drug-likeness (QED) is 0.254. The fourth-order valence-electron chi connectivity index (χ4n) is 6.89. The van der Waals surface area contributed by atoms with E-state index in [1.165, 1.54) is 41.9 Å². The van der Waals surface area contributed by atoms with E-state index in [-0.39, 0.29) is 53.9 Å². The van der Waals surface area contributed by atoms with E-state index in [0.29, 0.717) is 36.8 Å². The lowest BCUT2D eigenvalue weighted by Gasteiger charge is -2.43. The van der Waals surface area contributed by atoms with Gasteiger partial charge in [0.15, 0.2) is 0 Å². The second kappa shape index (κ2) is 15.8. The van der Waals surface area contributed by atoms with Crippen molar-refractivity contribution >= 4 is 39.3 Å². The smallest absolute Gasteiger partial charge is 0.407 e. The van der Waals surface area contributed by atoms with Crippen LogP contribution < -0.4 is 15.8 Å². The first kappa shape index (κ1) is 36.5. The summed E-state index contributed by atoms with van der Waals surface area (Å²) in [6.07, 6.45) is 2.61. The molecule has 3 aromatic rings. The topological polar surface area (TPSA) is 164 Å². The Balaban J connectivity index is 1.39. The molecule has 12 nitrogen and oxygen atoms in total. The Bertz CT molecular complexity index is 1730. The number of nitrogens with zero attached hydrogens (tertiary/aromatic N) is 3. The third-order valence-corrected chi connectivity index (χ3v) is 11.7. The van der Waals surface area contributed by atoms with Crippen LogP contribution in [0.25, 0.3) is 0 Å². The van der Waals surface area contributed by atoms with Gasteiger partial charge in [0.05, 0.1) is 36.1 Å². The Labute approximate surface area is 290 Å². The van der Waals surface area contributed by atoms with E-state index in [4.69, 9.17) is 26.8 Å². The van der Waals surface area contributed by atoms with Gasteiger partial charge >= 0.3 is 6.09 Å². The molecule has 2 saturated heterocycles. The SMILES string of the molecule is COc1ccc(S(=O)(=O)N2C(C)CN(C(=O)O)CC2CCc2c(F)cncc2NC(=O)[C@@H](N)[C@@H](c2ccc(Cl)cc2)C2CCOCC2)cc1. The molecule has 264 valence electrons. The molecule has 4 atom stereocenters. The molecule has 1 aromatic heterocycles. The minimum Gasteiger partial charge on any atom is -0.497 e. The molecule has 2 unspecified atom stereocenters. The Hall–Kier alpha value is -3.82. The first-order valence-electron chi connectivity index (χ1n) is 16.1. The number of benzene rings is 2. The third-order valence-electron chi connectivity index (χ3n) is 9.32. The number of hydrogen-bond donors (Lipinski definition) is 3. The van der Waals surface area contributed by atoms with E-state index in [2.05, 4.69) is 10.3 Å². The molecule has 0 spiro atoms. The Morgan fingerprint density at radius 1 is 1.12 bits per heavy atom. The van der Waals surface area contributed by atoms with Crippen LogP contribution in [0.1, 0.15) is 43.2 Å². The van der Waals surface area contributed by atoms with Crippen molar-refractivity contribution in [2.45, 2.75) is 61.5 Å². The standard InChI is InChI=1S/C34H41ClFN5O7S/c1-21-19-40(34(43)44)20-25(41(21)49(45,46)27-10-8-26(47-2)9-11-27)7-12-28-29(36)17-38-18-30(28)39-33(42)32(37)31(23-13-15-48-16-14-23)22-3-5-24(35)6-4-22/h3-6,8-11,17-18,21,23,25,31-32H,7,12-16,19-20,37H2,1-2H3,(H,39,42)(H,43,44)/t21?,25?,31-,32-/m0/s1. The van der Waals surface area contributed by atoms with Crippen LogP contribution in [-0.2, 0) is 26.0 Å². The number of carbonyl (C=O) groups is 2. The highest BCUT2D eigenvalue weighted by Gasteiger charge is 2.42. The van der Waals surface area contributed by atoms with Gasteiger partial charge in [-0.1, -0.05) is 23.7 Å². The van der Waals surface area contributed by atoms with Gasteiger partial charge in [-0.15, -0.1) is 0 Å². The highest BCUT2D eigenvalue weighted by molar-refractivity contribution is 7.89. The van der Waals surface area contributed by atoms with E-state index in [1.54, 1.807) is 19.1 Å². The van der Waals surface area contributed by atoms with Crippen LogP contribution in [0.5, 0.6) is 5.75 Å². The number of methoxy groups -OCH3 is 1. The van der Waals surface area contributed by atoms with Crippen molar-refractivity contribution in [1.82, 2.24) is 14.2 Å². The number of ether oxygens (including phenoxy) is 2. The molecule has 2 amide bonds. The number of hydrogen-bond acceptors (Lipinski definition) is 8. The molecule has 0 saturated carbocycles. The van der Waals surface area contributed by atoms with Gasteiger partial charge in [0.2, 0.25) is 15.9 Å². The highest BCUT2D eigenvalue weighted by Crippen LogP contribution is 2.36. The molecule has 0 aliphatic carbocycles. The van der Waals surface area contributed by atoms with Crippen molar-refractivity contribution in [2.24, 2.45) is 11.7 Å². The van der Waals surface area contributed by atoms with Crippen LogP contribution in [0, 0.1) is 11.7 Å². The van der Waals surface area contributed by atoms with Gasteiger partial charge in [0, 0.05) is 54.9 Å². The molecule has 2 aliphatic heterocycles. The van der Waals surface area contributed by atoms with E-state index >= 15 is 4.39 Å². The van der Waals surface area contributed by atoms with E-state index in [1.807, 2.05) is 12.1 Å². The average molecular weight is 718 g/mol. The summed E-state index contributed by atoms with van der Waals surface area (Å²) in [5.74, 6) is -1.06. The van der Waals surface area contributed by atoms with E-state index < -0.39 is 46.0 Å². The van der Waals surface area contributed by atoms with Crippen molar-refractivity contribution in [3.05, 3.63) is 82.9 Å². The van der Waals surface area contributed by atoms with Crippen LogP contribution in [-0.4, -0.2) is 91.3 Å². The maximum atomic E-state index is 15.4. The molecule has 0 bridgehead atoms. The summed E-state index contributed by atoms with van der Waals surface area (Å²) in [5, 5.41) is 13.1. The molecule has 0 radical (unpaired) electrons. The molecular formula is C34H41ClFN5O7S. The number of nitrogens with one attached hydrogen (secondary N) is 1. The fraction of sp³-hybridized carbons (Fsp3) is 0.441. The molecule has 2 fully saturated rings. The summed E-state index contributed by atoms with van der Waals surface area (Å²) in [6.45, 7) is 2.57. The van der Waals surface area contributed by atoms with Crippen LogP contribution in [0.15, 0.2) is 65.8 Å². The molecule has 5 rings (SSSR count). The number of carboxylic acid groups (broad SMARTS) is 1. The molecule has 49 heavy (non-hydrogen) atoms. The predicted octanol–water partition coefficient (Wildman–Crippen LogP) is 4.73. The maximum absolute atomic E-state index is 15.4. The molecule has 15 heteroatoms. The first-order chi connectivity index (χ1) is 23.4. The molecule has 3 heterocycles. The summed E-state index contributed by atoms with van der Waals surface area (Å²) >= 11 is 6.13. The van der Waals surface area contributed by atoms with E-state index in [9.17, 15) is 23.1 Å². The average Bonchev–Trinajstić information content (AvgIpc) is 3.09. The second-order valence-electron chi connectivity index (χ2n) is 12.4. The van der Waals surface area contributed by atoms with Crippen LogP contribution in [0.4, 0.5) is 14.9 Å². The monoisotopic (exact) mass is 717 g/mol. The van der Waals surface area contributed by atoms with E-state index in [0.717, 1.165) is 16.7 Å². The summed E-state index contributed by atoms with van der Waals surface area (Å²) in [5.41, 5.74) is 7.70. The third kappa shape index (κ3) is 8.32. The van der Waals surface area contributed by atoms with Crippen molar-refractivity contribution in [2.75, 3.05) is 38.7 Å². The first-order valence-corrected chi connectivity index (χ1v) is 17.9. The zero-order chi connectivity index (χ0) is 35.3. The minimum absolute atomic E-state index is 0.0192. The van der Waals surface area contributed by atoms with Gasteiger partial charge in [-0.3, -0.25) is 9.78 Å². The number of sulfonamides is 1. The number of carbonyl (C=O) groups excluding carboxylic acids is 1. The van der Waals surface area contributed by atoms with Gasteiger partial charge in [0.25, 0.3) is 0 Å². The lowest BCUT2D eigenvalue weighted by Crippen LogP contribution is -2.60. The van der Waals surface area contributed by atoms with Crippen molar-refractivity contribution in [3.8, 4) is 5.75 Å². The number of aromatic nitrogens is 1. The number of amides is 2. The lowest BCUT2D eigenvalue weighted by molar-refractivity contribution is -0.118. The number of anilines is 1. The molecule has 4 N–H and O–H groups in total. The maximum Gasteiger partial charge on any atom is 0.407 e. The van der Waals surface area contributed by atoms with Crippen molar-refractivity contribution in [1.29, 1.82) is 0 Å². The number of halogens is 2. The van der Waals surface area contributed by atoms with Gasteiger partial charge < -0.3 is 30.5 Å². The normalized spacial score (nSPS) is 20.4. The predicted molar refractivity (Wildman–Crippen MR) is 182 cm³/mol. The minimum atomic E-state index is -4.09. The summed E-state index contributed by atoms with van der Waals surface area (Å²) in [7, 11) is -2.62. The fourth-order valence-corrected chi connectivity index (χ4v) is 8.85. The second-order valence-corrected chi connectivity index (χ2v) is 14.7. The Morgan fingerprint density at radius 2 is 1.80 bits per heavy atom. The zero-order valence-electron chi connectivity index (χ0n) is 27.3. The Kier molecular flexibility index (Phi) is 11.8. The van der Waals surface area contributed by atoms with Crippen molar-refractivity contribution < 1.29 is 37.0 Å². The van der Waals surface area contributed by atoms with Crippen LogP contribution in [0.2, 0.25) is 5.02 Å². The highest BCUT2D eigenvalue weighted by atomic mass is 35.5. The summed E-state index contributed by atoms with van der Waals surface area (Å²) < 4.78 is 55.3. The number of rotatable bonds is 11. The van der Waals surface area contributed by atoms with Gasteiger partial charge in [0.1, 0.15) is 11.6 Å². The summed E-state index contributed by atoms with van der Waals surface area (Å²) in [4.78, 5) is 30.9. The lowest BCUT2D eigenvalue weighted by atomic mass is 9.76. The zero-order valence-corrected chi connectivity index (χ0v) is 28.9. The van der Waals surface area contributed by atoms with Gasteiger partial charge in [-0.05, 0) is 80.5 Å². The van der Waals surface area contributed by atoms with Crippen LogP contribution in [0.3, 0.4) is 0 Å². The molecule has 2 aliphatic rings. The summed E-state index contributed by atoms with van der Waals surface area (Å²) in [6, 6.07) is 10.6. The Morgan fingerprint density at radius 3 is 2.43 bits per heavy atom. The van der Waals surface area contributed by atoms with Crippen LogP contribution >= 0.6 is 11.6 Å². The number of nitrogens with two attached hydrogens (primary N) is 1. The van der Waals surface area contributed by atoms with Crippen molar-refractivity contribution in [3.63, 3.8) is 0 Å². The largest absolute Gasteiger partial charge is 0.497 e. The molecule has 2 aromatic carbocycles.